The molecular weight excluding hydrogens is 341 g/mol. The summed E-state index contributed by atoms with van der Waals surface area (Å²) in [5.74, 6) is -0.281. The minimum Gasteiger partial charge on any atom is -0.493 e. The highest BCUT2D eigenvalue weighted by atomic mass is 79.9. The third-order valence-electron chi connectivity index (χ3n) is 2.85. The van der Waals surface area contributed by atoms with Gasteiger partial charge in [-0.1, -0.05) is 28.1 Å². The minimum atomic E-state index is -0.609. The number of carbonyl (C=O) groups is 1. The molecule has 0 aromatic heterocycles. The number of benzene rings is 2. The Labute approximate surface area is 129 Å². The Balaban J connectivity index is 2.28. The molecule has 0 saturated heterocycles. The third-order valence-corrected chi connectivity index (χ3v) is 3.59. The Morgan fingerprint density at radius 1 is 1.33 bits per heavy atom. The number of primary amides is 1. The lowest BCUT2D eigenvalue weighted by Crippen LogP contribution is -2.13. The Hall–Kier alpha value is -2.08. The number of amides is 1. The number of para-hydroxylation sites is 1. The number of nitrogens with two attached hydrogens (primary N) is 1. The first-order chi connectivity index (χ1) is 10.0. The zero-order valence-corrected chi connectivity index (χ0v) is 12.8. The van der Waals surface area contributed by atoms with E-state index in [1.165, 1.54) is 19.2 Å². The van der Waals surface area contributed by atoms with E-state index in [1.807, 2.05) is 0 Å². The zero-order chi connectivity index (χ0) is 15.4. The van der Waals surface area contributed by atoms with Gasteiger partial charge >= 0.3 is 0 Å². The first-order valence-electron chi connectivity index (χ1n) is 6.06. The van der Waals surface area contributed by atoms with Gasteiger partial charge in [0.25, 0.3) is 5.91 Å². The van der Waals surface area contributed by atoms with Crippen molar-refractivity contribution in [3.05, 3.63) is 57.8 Å². The first kappa shape index (κ1) is 15.3. The van der Waals surface area contributed by atoms with Gasteiger partial charge in [-0.25, -0.2) is 4.39 Å². The number of methoxy groups -OCH3 is 1. The van der Waals surface area contributed by atoms with Crippen LogP contribution in [-0.2, 0) is 6.61 Å². The lowest BCUT2D eigenvalue weighted by molar-refractivity contribution is 0.0995. The summed E-state index contributed by atoms with van der Waals surface area (Å²) in [6, 6.07) is 9.15. The second kappa shape index (κ2) is 6.58. The molecule has 0 bridgehead atoms. The average molecular weight is 354 g/mol. The van der Waals surface area contributed by atoms with Gasteiger partial charge in [0.1, 0.15) is 12.4 Å². The van der Waals surface area contributed by atoms with Crippen molar-refractivity contribution < 1.29 is 18.7 Å². The number of carbonyl (C=O) groups excluding carboxylic acids is 1. The van der Waals surface area contributed by atoms with Crippen molar-refractivity contribution >= 4 is 21.8 Å². The summed E-state index contributed by atoms with van der Waals surface area (Å²) in [5, 5.41) is 0. The van der Waals surface area contributed by atoms with Crippen LogP contribution < -0.4 is 15.2 Å². The smallest absolute Gasteiger partial charge is 0.252 e. The molecule has 0 unspecified atom stereocenters. The highest BCUT2D eigenvalue weighted by molar-refractivity contribution is 9.10. The zero-order valence-electron chi connectivity index (χ0n) is 11.2. The maximum Gasteiger partial charge on any atom is 0.252 e. The Bertz CT molecular complexity index is 676. The predicted molar refractivity (Wildman–Crippen MR) is 79.9 cm³/mol. The molecule has 0 aliphatic carbocycles. The van der Waals surface area contributed by atoms with E-state index < -0.39 is 5.91 Å². The molecular formula is C15H13BrFNO3. The van der Waals surface area contributed by atoms with Crippen LogP contribution >= 0.6 is 15.9 Å². The Kier molecular flexibility index (Phi) is 4.80. The van der Waals surface area contributed by atoms with Crippen LogP contribution in [0, 0.1) is 5.82 Å². The molecule has 0 fully saturated rings. The van der Waals surface area contributed by atoms with E-state index in [9.17, 15) is 9.18 Å². The van der Waals surface area contributed by atoms with Crippen molar-refractivity contribution in [1.82, 2.24) is 0 Å². The van der Waals surface area contributed by atoms with Gasteiger partial charge < -0.3 is 15.2 Å². The molecule has 2 N–H and O–H groups in total. The average Bonchev–Trinajstić information content (AvgIpc) is 2.45. The SMILES string of the molecule is COc1cccc(C(N)=O)c1OCc1ccc(F)cc1Br. The molecule has 0 saturated carbocycles. The van der Waals surface area contributed by atoms with E-state index in [4.69, 9.17) is 15.2 Å². The van der Waals surface area contributed by atoms with Crippen LogP contribution in [0.4, 0.5) is 4.39 Å². The summed E-state index contributed by atoms with van der Waals surface area (Å²) in [4.78, 5) is 11.4. The molecule has 0 aliphatic heterocycles. The fourth-order valence-electron chi connectivity index (χ4n) is 1.81. The van der Waals surface area contributed by atoms with E-state index in [1.54, 1.807) is 24.3 Å². The maximum absolute atomic E-state index is 13.0. The Morgan fingerprint density at radius 2 is 2.10 bits per heavy atom. The number of halogens is 2. The Morgan fingerprint density at radius 3 is 2.71 bits per heavy atom. The molecule has 0 radical (unpaired) electrons. The van der Waals surface area contributed by atoms with E-state index in [-0.39, 0.29) is 23.7 Å². The molecule has 21 heavy (non-hydrogen) atoms. The minimum absolute atomic E-state index is 0.140. The summed E-state index contributed by atoms with van der Waals surface area (Å²) >= 11 is 3.26. The van der Waals surface area contributed by atoms with E-state index in [0.29, 0.717) is 10.2 Å². The molecule has 2 aromatic rings. The largest absolute Gasteiger partial charge is 0.493 e. The fraction of sp³-hybridized carbons (Fsp3) is 0.133. The third kappa shape index (κ3) is 3.52. The van der Waals surface area contributed by atoms with Gasteiger partial charge in [-0.15, -0.1) is 0 Å². The summed E-state index contributed by atoms with van der Waals surface area (Å²) in [6.45, 7) is 0.140. The fourth-order valence-corrected chi connectivity index (χ4v) is 2.27. The van der Waals surface area contributed by atoms with Crippen LogP contribution in [-0.4, -0.2) is 13.0 Å². The lowest BCUT2D eigenvalue weighted by Gasteiger charge is -2.14. The summed E-state index contributed by atoms with van der Waals surface area (Å²) < 4.78 is 24.4. The van der Waals surface area contributed by atoms with Gasteiger partial charge in [-0.05, 0) is 24.3 Å². The molecule has 4 nitrogen and oxygen atoms in total. The number of hydrogen-bond donors (Lipinski definition) is 1. The monoisotopic (exact) mass is 353 g/mol. The quantitative estimate of drug-likeness (QED) is 0.897. The number of hydrogen-bond acceptors (Lipinski definition) is 3. The highest BCUT2D eigenvalue weighted by Crippen LogP contribution is 2.32. The van der Waals surface area contributed by atoms with Gasteiger partial charge in [-0.2, -0.15) is 0 Å². The summed E-state index contributed by atoms with van der Waals surface area (Å²) in [6.07, 6.45) is 0. The van der Waals surface area contributed by atoms with Crippen LogP contribution in [0.1, 0.15) is 15.9 Å². The molecule has 2 aromatic carbocycles. The standard InChI is InChI=1S/C15H13BrFNO3/c1-20-13-4-2-3-11(15(18)19)14(13)21-8-9-5-6-10(17)7-12(9)16/h2-7H,8H2,1H3,(H2,18,19). The molecule has 2 rings (SSSR count). The van der Waals surface area contributed by atoms with Crippen molar-refractivity contribution in [3.63, 3.8) is 0 Å². The molecule has 110 valence electrons. The first-order valence-corrected chi connectivity index (χ1v) is 6.85. The molecule has 0 heterocycles. The van der Waals surface area contributed by atoms with E-state index >= 15 is 0 Å². The normalized spacial score (nSPS) is 10.2. The van der Waals surface area contributed by atoms with Crippen LogP contribution in [0.2, 0.25) is 0 Å². The van der Waals surface area contributed by atoms with Gasteiger partial charge in [0.15, 0.2) is 11.5 Å². The topological polar surface area (TPSA) is 61.5 Å². The van der Waals surface area contributed by atoms with Crippen LogP contribution in [0.25, 0.3) is 0 Å². The van der Waals surface area contributed by atoms with Gasteiger partial charge in [-0.3, -0.25) is 4.79 Å². The van der Waals surface area contributed by atoms with Crippen LogP contribution in [0.5, 0.6) is 11.5 Å². The molecule has 1 amide bonds. The molecule has 0 aliphatic rings. The van der Waals surface area contributed by atoms with Crippen LogP contribution in [0.3, 0.4) is 0 Å². The number of ether oxygens (including phenoxy) is 2. The van der Waals surface area contributed by atoms with Crippen molar-refractivity contribution in [2.24, 2.45) is 5.73 Å². The van der Waals surface area contributed by atoms with Gasteiger partial charge in [0.2, 0.25) is 0 Å². The second-order valence-electron chi connectivity index (χ2n) is 4.23. The van der Waals surface area contributed by atoms with Crippen molar-refractivity contribution in [2.75, 3.05) is 7.11 Å². The maximum atomic E-state index is 13.0. The van der Waals surface area contributed by atoms with E-state index in [2.05, 4.69) is 15.9 Å². The van der Waals surface area contributed by atoms with Gasteiger partial charge in [0, 0.05) is 10.0 Å². The van der Waals surface area contributed by atoms with Crippen molar-refractivity contribution in [2.45, 2.75) is 6.61 Å². The van der Waals surface area contributed by atoms with Gasteiger partial charge in [0.05, 0.1) is 12.7 Å². The highest BCUT2D eigenvalue weighted by Gasteiger charge is 2.15. The van der Waals surface area contributed by atoms with Crippen LogP contribution in [0.15, 0.2) is 40.9 Å². The second-order valence-corrected chi connectivity index (χ2v) is 5.08. The lowest BCUT2D eigenvalue weighted by atomic mass is 10.1. The predicted octanol–water partition coefficient (Wildman–Crippen LogP) is 3.27. The van der Waals surface area contributed by atoms with Crippen molar-refractivity contribution in [3.8, 4) is 11.5 Å². The molecule has 6 heteroatoms. The summed E-state index contributed by atoms with van der Waals surface area (Å²) in [5.41, 5.74) is 6.29. The molecule has 0 atom stereocenters. The number of rotatable bonds is 5. The van der Waals surface area contributed by atoms with E-state index in [0.717, 1.165) is 5.56 Å². The van der Waals surface area contributed by atoms with Crippen molar-refractivity contribution in [1.29, 1.82) is 0 Å². The summed E-state index contributed by atoms with van der Waals surface area (Å²) in [7, 11) is 1.47. The molecule has 0 spiro atoms.